The molecule has 5 heteroatoms. The van der Waals surface area contributed by atoms with Gasteiger partial charge in [-0.3, -0.25) is 4.79 Å². The van der Waals surface area contributed by atoms with Crippen molar-refractivity contribution in [1.29, 1.82) is 0 Å². The van der Waals surface area contributed by atoms with Crippen LogP contribution in [0.3, 0.4) is 0 Å². The number of thioether (sulfide) groups is 1. The molecule has 2 aliphatic carbocycles. The van der Waals surface area contributed by atoms with Crippen LogP contribution in [0.25, 0.3) is 0 Å². The van der Waals surface area contributed by atoms with Crippen molar-refractivity contribution in [2.45, 2.75) is 50.2 Å². The summed E-state index contributed by atoms with van der Waals surface area (Å²) in [5.41, 5.74) is 1.26. The third-order valence-electron chi connectivity index (χ3n) is 4.03. The molecule has 0 radical (unpaired) electrons. The summed E-state index contributed by atoms with van der Waals surface area (Å²) >= 11 is 1.36. The van der Waals surface area contributed by atoms with E-state index in [1.807, 2.05) is 6.20 Å². The Kier molecular flexibility index (Phi) is 3.56. The van der Waals surface area contributed by atoms with E-state index in [0.717, 1.165) is 23.4 Å². The Morgan fingerprint density at radius 1 is 1.47 bits per heavy atom. The van der Waals surface area contributed by atoms with Gasteiger partial charge in [0.05, 0.1) is 5.75 Å². The second kappa shape index (κ2) is 5.19. The topological polar surface area (TPSA) is 55.1 Å². The third-order valence-corrected chi connectivity index (χ3v) is 4.99. The van der Waals surface area contributed by atoms with Crippen molar-refractivity contribution < 1.29 is 9.90 Å². The lowest BCUT2D eigenvalue weighted by molar-refractivity contribution is -0.133. The molecule has 0 saturated heterocycles. The zero-order valence-electron chi connectivity index (χ0n) is 11.2. The lowest BCUT2D eigenvalue weighted by atomic mass is 10.1. The Bertz CT molecular complexity index is 466. The van der Waals surface area contributed by atoms with Gasteiger partial charge in [0.2, 0.25) is 0 Å². The minimum Gasteiger partial charge on any atom is -0.481 e. The summed E-state index contributed by atoms with van der Waals surface area (Å²) in [5.74, 6) is 0.932. The average Bonchev–Trinajstić information content (AvgIpc) is 3.27. The molecular weight excluding hydrogens is 260 g/mol. The second-order valence-corrected chi connectivity index (χ2v) is 6.55. The molecule has 2 fully saturated rings. The standard InChI is InChI=1S/C14H20N2O2S/c1-2-11-7-15-14(19-8-12(17)18)16(11)13(9-3-4-9)10-5-6-10/h7,9-10,13H,2-6,8H2,1H3,(H,17,18). The first-order chi connectivity index (χ1) is 9.20. The van der Waals surface area contributed by atoms with Gasteiger partial charge in [-0.25, -0.2) is 4.98 Å². The number of rotatable bonds is 7. The molecule has 0 atom stereocenters. The minimum absolute atomic E-state index is 0.0994. The van der Waals surface area contributed by atoms with Crippen molar-refractivity contribution in [3.8, 4) is 0 Å². The summed E-state index contributed by atoms with van der Waals surface area (Å²) in [7, 11) is 0. The first-order valence-corrected chi connectivity index (χ1v) is 8.10. The molecule has 0 aromatic carbocycles. The Morgan fingerprint density at radius 2 is 2.11 bits per heavy atom. The van der Waals surface area contributed by atoms with E-state index in [9.17, 15) is 4.79 Å². The number of hydrogen-bond acceptors (Lipinski definition) is 3. The summed E-state index contributed by atoms with van der Waals surface area (Å²) < 4.78 is 2.36. The number of carboxylic acid groups (broad SMARTS) is 1. The van der Waals surface area contributed by atoms with E-state index in [2.05, 4.69) is 16.5 Å². The number of nitrogens with zero attached hydrogens (tertiary/aromatic N) is 2. The molecule has 4 nitrogen and oxygen atoms in total. The first-order valence-electron chi connectivity index (χ1n) is 7.11. The number of carboxylic acids is 1. The Morgan fingerprint density at radius 3 is 2.58 bits per heavy atom. The van der Waals surface area contributed by atoms with Crippen molar-refractivity contribution in [1.82, 2.24) is 9.55 Å². The Balaban J connectivity index is 1.87. The highest BCUT2D eigenvalue weighted by Crippen LogP contribution is 2.53. The van der Waals surface area contributed by atoms with Gasteiger partial charge in [-0.15, -0.1) is 0 Å². The maximum Gasteiger partial charge on any atom is 0.313 e. The summed E-state index contributed by atoms with van der Waals surface area (Å²) in [6.45, 7) is 2.15. The highest BCUT2D eigenvalue weighted by Gasteiger charge is 2.43. The molecule has 0 bridgehead atoms. The molecule has 0 amide bonds. The number of aromatic nitrogens is 2. The van der Waals surface area contributed by atoms with Gasteiger partial charge >= 0.3 is 5.97 Å². The Labute approximate surface area is 117 Å². The van der Waals surface area contributed by atoms with Crippen molar-refractivity contribution in [2.75, 3.05) is 5.75 Å². The fraction of sp³-hybridized carbons (Fsp3) is 0.714. The monoisotopic (exact) mass is 280 g/mol. The molecular formula is C14H20N2O2S. The maximum absolute atomic E-state index is 10.8. The van der Waals surface area contributed by atoms with Crippen LogP contribution in [0.15, 0.2) is 11.4 Å². The van der Waals surface area contributed by atoms with Gasteiger partial charge in [-0.05, 0) is 43.9 Å². The summed E-state index contributed by atoms with van der Waals surface area (Å²) in [4.78, 5) is 15.2. The third kappa shape index (κ3) is 2.81. The SMILES string of the molecule is CCc1cnc(SCC(=O)O)n1C(C1CC1)C1CC1. The molecule has 19 heavy (non-hydrogen) atoms. The first kappa shape index (κ1) is 13.0. The minimum atomic E-state index is -0.771. The van der Waals surface area contributed by atoms with Crippen LogP contribution in [0.1, 0.15) is 44.3 Å². The molecule has 1 aromatic rings. The van der Waals surface area contributed by atoms with Crippen LogP contribution < -0.4 is 0 Å². The number of carbonyl (C=O) groups is 1. The van der Waals surface area contributed by atoms with Gasteiger partial charge < -0.3 is 9.67 Å². The molecule has 1 aromatic heterocycles. The predicted octanol–water partition coefficient (Wildman–Crippen LogP) is 2.98. The fourth-order valence-corrected chi connectivity index (χ4v) is 3.63. The van der Waals surface area contributed by atoms with E-state index >= 15 is 0 Å². The van der Waals surface area contributed by atoms with Gasteiger partial charge in [0, 0.05) is 17.9 Å². The molecule has 0 spiro atoms. The van der Waals surface area contributed by atoms with E-state index < -0.39 is 5.97 Å². The predicted molar refractivity (Wildman–Crippen MR) is 74.4 cm³/mol. The van der Waals surface area contributed by atoms with Crippen LogP contribution in [-0.2, 0) is 11.2 Å². The quantitative estimate of drug-likeness (QED) is 0.780. The smallest absolute Gasteiger partial charge is 0.313 e. The van der Waals surface area contributed by atoms with Gasteiger partial charge in [0.15, 0.2) is 5.16 Å². The number of aliphatic carboxylic acids is 1. The van der Waals surface area contributed by atoms with E-state index in [1.54, 1.807) is 0 Å². The van der Waals surface area contributed by atoms with Gasteiger partial charge in [-0.2, -0.15) is 0 Å². The number of aryl methyl sites for hydroxylation is 1. The molecule has 2 saturated carbocycles. The fourth-order valence-electron chi connectivity index (χ4n) is 2.87. The Hall–Kier alpha value is -0.970. The molecule has 0 unspecified atom stereocenters. The van der Waals surface area contributed by atoms with E-state index in [4.69, 9.17) is 5.11 Å². The van der Waals surface area contributed by atoms with Gasteiger partial charge in [-0.1, -0.05) is 18.7 Å². The molecule has 2 aliphatic rings. The van der Waals surface area contributed by atoms with Crippen molar-refractivity contribution in [3.05, 3.63) is 11.9 Å². The second-order valence-electron chi connectivity index (χ2n) is 5.60. The number of hydrogen-bond donors (Lipinski definition) is 1. The average molecular weight is 280 g/mol. The molecule has 1 N–H and O–H groups in total. The zero-order chi connectivity index (χ0) is 13.4. The van der Waals surface area contributed by atoms with Crippen molar-refractivity contribution >= 4 is 17.7 Å². The lowest BCUT2D eigenvalue weighted by Gasteiger charge is -2.22. The van der Waals surface area contributed by atoms with E-state index in [-0.39, 0.29) is 5.75 Å². The lowest BCUT2D eigenvalue weighted by Crippen LogP contribution is -2.17. The van der Waals surface area contributed by atoms with Crippen molar-refractivity contribution in [3.63, 3.8) is 0 Å². The van der Waals surface area contributed by atoms with Crippen LogP contribution in [0.2, 0.25) is 0 Å². The van der Waals surface area contributed by atoms with Gasteiger partial charge in [0.25, 0.3) is 0 Å². The zero-order valence-corrected chi connectivity index (χ0v) is 12.0. The molecule has 3 rings (SSSR count). The number of imidazole rings is 1. The summed E-state index contributed by atoms with van der Waals surface area (Å²) in [6.07, 6.45) is 8.20. The maximum atomic E-state index is 10.8. The largest absolute Gasteiger partial charge is 0.481 e. The van der Waals surface area contributed by atoms with Crippen LogP contribution >= 0.6 is 11.8 Å². The highest BCUT2D eigenvalue weighted by atomic mass is 32.2. The molecule has 0 aliphatic heterocycles. The van der Waals surface area contributed by atoms with E-state index in [1.165, 1.54) is 43.1 Å². The highest BCUT2D eigenvalue weighted by molar-refractivity contribution is 7.99. The summed E-state index contributed by atoms with van der Waals surface area (Å²) in [5, 5.41) is 9.76. The van der Waals surface area contributed by atoms with Crippen LogP contribution in [0, 0.1) is 11.8 Å². The normalized spacial score (nSPS) is 19.1. The molecule has 104 valence electrons. The van der Waals surface area contributed by atoms with Crippen LogP contribution in [-0.4, -0.2) is 26.4 Å². The summed E-state index contributed by atoms with van der Waals surface area (Å²) in [6, 6.07) is 0.578. The van der Waals surface area contributed by atoms with Crippen molar-refractivity contribution in [2.24, 2.45) is 11.8 Å². The van der Waals surface area contributed by atoms with Gasteiger partial charge in [0.1, 0.15) is 0 Å². The van der Waals surface area contributed by atoms with Crippen LogP contribution in [0.5, 0.6) is 0 Å². The van der Waals surface area contributed by atoms with E-state index in [0.29, 0.717) is 6.04 Å². The van der Waals surface area contributed by atoms with Crippen LogP contribution in [0.4, 0.5) is 0 Å². The molecule has 1 heterocycles.